The molecule has 0 spiro atoms. The van der Waals surface area contributed by atoms with E-state index in [-0.39, 0.29) is 17.9 Å². The molecule has 0 bridgehead atoms. The van der Waals surface area contributed by atoms with Gasteiger partial charge in [-0.05, 0) is 26.2 Å². The molecule has 1 heterocycles. The Morgan fingerprint density at radius 2 is 2.12 bits per heavy atom. The number of amides is 1. The second-order valence-corrected chi connectivity index (χ2v) is 5.56. The van der Waals surface area contributed by atoms with E-state index in [0.717, 1.165) is 31.1 Å². The number of carbonyl (C=O) groups is 1. The normalized spacial score (nSPS) is 24.3. The average molecular weight is 306 g/mol. The molecule has 0 radical (unpaired) electrons. The van der Waals surface area contributed by atoms with Gasteiger partial charge in [-0.3, -0.25) is 4.79 Å². The van der Waals surface area contributed by atoms with Crippen molar-refractivity contribution in [2.75, 3.05) is 18.5 Å². The maximum atomic E-state index is 12.5. The summed E-state index contributed by atoms with van der Waals surface area (Å²) in [7, 11) is 0. The van der Waals surface area contributed by atoms with Gasteiger partial charge in [-0.15, -0.1) is 0 Å². The van der Waals surface area contributed by atoms with E-state index in [9.17, 15) is 4.79 Å². The predicted molar refractivity (Wildman–Crippen MR) is 73.4 cm³/mol. The van der Waals surface area contributed by atoms with Crippen molar-refractivity contribution in [1.82, 2.24) is 4.90 Å². The molecule has 3 nitrogen and oxygen atoms in total. The van der Waals surface area contributed by atoms with Crippen molar-refractivity contribution in [2.45, 2.75) is 52.2 Å². The highest BCUT2D eigenvalue weighted by Gasteiger charge is 2.33. The van der Waals surface area contributed by atoms with Crippen LogP contribution in [0.5, 0.6) is 0 Å². The zero-order valence-electron chi connectivity index (χ0n) is 11.1. The summed E-state index contributed by atoms with van der Waals surface area (Å²) in [5.74, 6) is 0.354. The molecule has 17 heavy (non-hydrogen) atoms. The molecule has 1 aliphatic heterocycles. The topological polar surface area (TPSA) is 29.5 Å². The molecule has 1 aliphatic rings. The first-order valence-corrected chi connectivity index (χ1v) is 7.74. The molecule has 0 aromatic carbocycles. The summed E-state index contributed by atoms with van der Waals surface area (Å²) >= 11 is 3.44. The van der Waals surface area contributed by atoms with Crippen LogP contribution in [0.4, 0.5) is 0 Å². The first kappa shape index (κ1) is 15.0. The Hall–Kier alpha value is -0.0900. The molecule has 1 rings (SSSR count). The largest absolute Gasteiger partial charge is 0.378 e. The van der Waals surface area contributed by atoms with E-state index >= 15 is 0 Å². The Bertz CT molecular complexity index is 244. The van der Waals surface area contributed by atoms with Gasteiger partial charge in [0.2, 0.25) is 5.91 Å². The number of hydrogen-bond donors (Lipinski definition) is 0. The molecule has 4 heteroatoms. The molecular formula is C13H24BrNO2. The molecule has 0 aromatic rings. The zero-order chi connectivity index (χ0) is 12.8. The number of halogens is 1. The smallest absolute Gasteiger partial charge is 0.228 e. The Balaban J connectivity index is 2.65. The number of ether oxygens (including phenoxy) is 1. The van der Waals surface area contributed by atoms with Gasteiger partial charge in [0, 0.05) is 17.9 Å². The number of hydrogen-bond acceptors (Lipinski definition) is 2. The van der Waals surface area contributed by atoms with Gasteiger partial charge in [0.25, 0.3) is 0 Å². The average Bonchev–Trinajstić information content (AvgIpc) is 2.75. The summed E-state index contributed by atoms with van der Waals surface area (Å²) in [5, 5.41) is 0.846. The highest BCUT2D eigenvalue weighted by molar-refractivity contribution is 9.09. The summed E-state index contributed by atoms with van der Waals surface area (Å²) in [6.45, 7) is 7.74. The van der Waals surface area contributed by atoms with E-state index in [1.165, 1.54) is 0 Å². The van der Waals surface area contributed by atoms with Crippen LogP contribution >= 0.6 is 15.9 Å². The fraction of sp³-hybridized carbons (Fsp3) is 0.923. The van der Waals surface area contributed by atoms with Crippen LogP contribution in [0.3, 0.4) is 0 Å². The molecule has 1 amide bonds. The second kappa shape index (κ2) is 7.37. The minimum atomic E-state index is 0.0737. The summed E-state index contributed by atoms with van der Waals surface area (Å²) < 4.78 is 5.50. The Morgan fingerprint density at radius 1 is 1.47 bits per heavy atom. The predicted octanol–water partition coefficient (Wildman–Crippen LogP) is 2.82. The standard InChI is InChI=1S/C13H24BrNO2/c1-4-12(5-2)15(7-6-14)13(16)11-8-10(3)17-9-11/h10-12H,4-9H2,1-3H3. The van der Waals surface area contributed by atoms with Crippen LogP contribution < -0.4 is 0 Å². The fourth-order valence-corrected chi connectivity index (χ4v) is 2.90. The van der Waals surface area contributed by atoms with Gasteiger partial charge in [-0.1, -0.05) is 29.8 Å². The maximum Gasteiger partial charge on any atom is 0.228 e. The van der Waals surface area contributed by atoms with E-state index in [1.807, 2.05) is 11.8 Å². The highest BCUT2D eigenvalue weighted by Crippen LogP contribution is 2.23. The monoisotopic (exact) mass is 305 g/mol. The summed E-state index contributed by atoms with van der Waals surface area (Å²) in [6.07, 6.45) is 3.16. The first-order chi connectivity index (χ1) is 8.13. The molecule has 2 unspecified atom stereocenters. The van der Waals surface area contributed by atoms with Crippen LogP contribution in [0.2, 0.25) is 0 Å². The molecule has 0 saturated carbocycles. The van der Waals surface area contributed by atoms with Crippen LogP contribution in [-0.4, -0.2) is 41.4 Å². The lowest BCUT2D eigenvalue weighted by Gasteiger charge is -2.32. The van der Waals surface area contributed by atoms with Crippen molar-refractivity contribution in [3.63, 3.8) is 0 Å². The lowest BCUT2D eigenvalue weighted by molar-refractivity contribution is -0.137. The van der Waals surface area contributed by atoms with Gasteiger partial charge in [-0.2, -0.15) is 0 Å². The van der Waals surface area contributed by atoms with Gasteiger partial charge in [0.1, 0.15) is 0 Å². The molecule has 0 aromatic heterocycles. The Labute approximate surface area is 113 Å². The van der Waals surface area contributed by atoms with Crippen LogP contribution in [0.1, 0.15) is 40.0 Å². The summed E-state index contributed by atoms with van der Waals surface area (Å²) in [6, 6.07) is 0.371. The van der Waals surface area contributed by atoms with Crippen molar-refractivity contribution in [3.8, 4) is 0 Å². The number of nitrogens with zero attached hydrogens (tertiary/aromatic N) is 1. The number of carbonyl (C=O) groups excluding carboxylic acids is 1. The van der Waals surface area contributed by atoms with Gasteiger partial charge in [-0.25, -0.2) is 0 Å². The van der Waals surface area contributed by atoms with Crippen molar-refractivity contribution in [3.05, 3.63) is 0 Å². The van der Waals surface area contributed by atoms with Crippen molar-refractivity contribution >= 4 is 21.8 Å². The van der Waals surface area contributed by atoms with Gasteiger partial charge in [0.05, 0.1) is 18.6 Å². The minimum absolute atomic E-state index is 0.0737. The fourth-order valence-electron chi connectivity index (χ4n) is 2.52. The van der Waals surface area contributed by atoms with Crippen molar-refractivity contribution < 1.29 is 9.53 Å². The van der Waals surface area contributed by atoms with Gasteiger partial charge in [0.15, 0.2) is 0 Å². The Morgan fingerprint density at radius 3 is 2.53 bits per heavy atom. The van der Waals surface area contributed by atoms with Crippen LogP contribution in [0, 0.1) is 5.92 Å². The third-order valence-electron chi connectivity index (χ3n) is 3.54. The van der Waals surface area contributed by atoms with Crippen LogP contribution in [0.25, 0.3) is 0 Å². The van der Waals surface area contributed by atoms with Gasteiger partial charge >= 0.3 is 0 Å². The zero-order valence-corrected chi connectivity index (χ0v) is 12.7. The third kappa shape index (κ3) is 3.95. The number of rotatable bonds is 6. The lowest BCUT2D eigenvalue weighted by atomic mass is 10.0. The summed E-state index contributed by atoms with van der Waals surface area (Å²) in [5.41, 5.74) is 0. The van der Waals surface area contributed by atoms with E-state index in [4.69, 9.17) is 4.74 Å². The van der Waals surface area contributed by atoms with E-state index in [0.29, 0.717) is 12.6 Å². The van der Waals surface area contributed by atoms with Crippen molar-refractivity contribution in [2.24, 2.45) is 5.92 Å². The molecule has 1 saturated heterocycles. The molecular weight excluding hydrogens is 282 g/mol. The van der Waals surface area contributed by atoms with E-state index in [1.54, 1.807) is 0 Å². The third-order valence-corrected chi connectivity index (χ3v) is 3.89. The first-order valence-electron chi connectivity index (χ1n) is 6.62. The van der Waals surface area contributed by atoms with E-state index in [2.05, 4.69) is 29.8 Å². The Kier molecular flexibility index (Phi) is 6.49. The lowest BCUT2D eigenvalue weighted by Crippen LogP contribution is -2.44. The molecule has 0 N–H and O–H groups in total. The quantitative estimate of drug-likeness (QED) is 0.706. The summed E-state index contributed by atoms with van der Waals surface area (Å²) in [4.78, 5) is 14.5. The van der Waals surface area contributed by atoms with Gasteiger partial charge < -0.3 is 9.64 Å². The molecule has 2 atom stereocenters. The molecule has 1 fully saturated rings. The second-order valence-electron chi connectivity index (χ2n) is 4.77. The number of alkyl halides is 1. The maximum absolute atomic E-state index is 12.5. The minimum Gasteiger partial charge on any atom is -0.378 e. The van der Waals surface area contributed by atoms with Crippen LogP contribution in [0.15, 0.2) is 0 Å². The van der Waals surface area contributed by atoms with Crippen molar-refractivity contribution in [1.29, 1.82) is 0 Å². The molecule has 100 valence electrons. The van der Waals surface area contributed by atoms with Crippen LogP contribution in [-0.2, 0) is 9.53 Å². The molecule has 0 aliphatic carbocycles. The van der Waals surface area contributed by atoms with E-state index < -0.39 is 0 Å². The SMILES string of the molecule is CCC(CC)N(CCBr)C(=O)C1COC(C)C1. The highest BCUT2D eigenvalue weighted by atomic mass is 79.9.